The third kappa shape index (κ3) is 2.05. The Morgan fingerprint density at radius 3 is 2.46 bits per heavy atom. The molecule has 0 unspecified atom stereocenters. The number of fused-ring (bicyclic) bond motifs is 5. The van der Waals surface area contributed by atoms with Crippen molar-refractivity contribution in [1.82, 2.24) is 9.55 Å². The maximum Gasteiger partial charge on any atom is 0.259 e. The second kappa shape index (κ2) is 5.60. The molecule has 24 heavy (non-hydrogen) atoms. The maximum absolute atomic E-state index is 12.7. The number of rotatable bonds is 0. The van der Waals surface area contributed by atoms with E-state index in [0.717, 1.165) is 38.6 Å². The number of pyridine rings is 2. The lowest BCUT2D eigenvalue weighted by Crippen LogP contribution is -2.18. The Morgan fingerprint density at radius 2 is 1.62 bits per heavy atom. The second-order valence-electron chi connectivity index (χ2n) is 5.70. The number of hydrogen-bond acceptors (Lipinski definition) is 2. The lowest BCUT2D eigenvalue weighted by molar-refractivity contribution is 0.813. The fourth-order valence-corrected chi connectivity index (χ4v) is 3.32. The van der Waals surface area contributed by atoms with Crippen LogP contribution in [0.25, 0.3) is 33.1 Å². The van der Waals surface area contributed by atoms with Crippen LogP contribution < -0.4 is 5.56 Å². The molecule has 3 heterocycles. The third-order valence-corrected chi connectivity index (χ3v) is 4.39. The summed E-state index contributed by atoms with van der Waals surface area (Å²) in [6.45, 7) is 4.60. The highest BCUT2D eigenvalue weighted by Crippen LogP contribution is 2.32. The molecule has 0 N–H and O–H groups in total. The molecule has 5 rings (SSSR count). The molecule has 0 saturated carbocycles. The molecule has 2 aromatic carbocycles. The molecular formula is C21H18N2O. The van der Waals surface area contributed by atoms with Crippen molar-refractivity contribution >= 4 is 21.7 Å². The van der Waals surface area contributed by atoms with Gasteiger partial charge in [0.05, 0.1) is 23.4 Å². The Bertz CT molecular complexity index is 1130. The predicted octanol–water partition coefficient (Wildman–Crippen LogP) is 4.60. The molecule has 1 aliphatic rings. The van der Waals surface area contributed by atoms with Gasteiger partial charge in [0.1, 0.15) is 0 Å². The molecule has 118 valence electrons. The second-order valence-corrected chi connectivity index (χ2v) is 5.70. The molecule has 0 atom stereocenters. The molecule has 0 bridgehead atoms. The summed E-state index contributed by atoms with van der Waals surface area (Å²) in [5.41, 5.74) is 4.00. The first-order chi connectivity index (χ1) is 11.8. The molecule has 1 aliphatic heterocycles. The van der Waals surface area contributed by atoms with Crippen LogP contribution in [0.15, 0.2) is 65.5 Å². The molecule has 4 aromatic rings. The van der Waals surface area contributed by atoms with Crippen LogP contribution in [-0.2, 0) is 6.54 Å². The van der Waals surface area contributed by atoms with E-state index in [2.05, 4.69) is 18.2 Å². The normalized spacial score (nSPS) is 11.8. The monoisotopic (exact) mass is 314 g/mol. The quantitative estimate of drug-likeness (QED) is 0.418. The van der Waals surface area contributed by atoms with E-state index in [1.165, 1.54) is 0 Å². The smallest absolute Gasteiger partial charge is 0.259 e. The van der Waals surface area contributed by atoms with Crippen LogP contribution in [0.1, 0.15) is 19.4 Å². The summed E-state index contributed by atoms with van der Waals surface area (Å²) in [5, 5.41) is 2.86. The summed E-state index contributed by atoms with van der Waals surface area (Å²) >= 11 is 0. The van der Waals surface area contributed by atoms with Gasteiger partial charge < -0.3 is 4.57 Å². The first kappa shape index (κ1) is 14.6. The largest absolute Gasteiger partial charge is 0.302 e. The van der Waals surface area contributed by atoms with E-state index in [9.17, 15) is 4.79 Å². The van der Waals surface area contributed by atoms with Crippen molar-refractivity contribution in [2.45, 2.75) is 20.4 Å². The highest BCUT2D eigenvalue weighted by Gasteiger charge is 2.22. The lowest BCUT2D eigenvalue weighted by Gasteiger charge is -2.05. The number of nitrogens with zero attached hydrogens (tertiary/aromatic N) is 2. The summed E-state index contributed by atoms with van der Waals surface area (Å²) in [4.78, 5) is 17.5. The van der Waals surface area contributed by atoms with Crippen LogP contribution in [0.3, 0.4) is 0 Å². The Labute approximate surface area is 140 Å². The minimum atomic E-state index is 0.0650. The van der Waals surface area contributed by atoms with Crippen LogP contribution in [0.2, 0.25) is 0 Å². The van der Waals surface area contributed by atoms with E-state index >= 15 is 0 Å². The van der Waals surface area contributed by atoms with E-state index in [-0.39, 0.29) is 5.56 Å². The Kier molecular flexibility index (Phi) is 3.42. The average molecular weight is 314 g/mol. The van der Waals surface area contributed by atoms with Gasteiger partial charge in [-0.05, 0) is 29.7 Å². The van der Waals surface area contributed by atoms with Crippen LogP contribution >= 0.6 is 0 Å². The van der Waals surface area contributed by atoms with Crippen molar-refractivity contribution in [1.29, 1.82) is 0 Å². The molecule has 0 fully saturated rings. The SMILES string of the molecule is CC.O=c1c2ccccc2cc2n1Cc1cc3ccccc3nc1-2. The molecule has 3 heteroatoms. The average Bonchev–Trinajstić information content (AvgIpc) is 3.00. The van der Waals surface area contributed by atoms with Crippen LogP contribution in [0.4, 0.5) is 0 Å². The number of hydrogen-bond donors (Lipinski definition) is 0. The highest BCUT2D eigenvalue weighted by atomic mass is 16.1. The maximum atomic E-state index is 12.7. The van der Waals surface area contributed by atoms with Gasteiger partial charge in [0.25, 0.3) is 5.56 Å². The minimum Gasteiger partial charge on any atom is -0.302 e. The van der Waals surface area contributed by atoms with Gasteiger partial charge in [-0.25, -0.2) is 4.98 Å². The van der Waals surface area contributed by atoms with E-state index in [0.29, 0.717) is 6.54 Å². The van der Waals surface area contributed by atoms with Gasteiger partial charge in [-0.3, -0.25) is 4.79 Å². The van der Waals surface area contributed by atoms with E-state index in [4.69, 9.17) is 4.98 Å². The van der Waals surface area contributed by atoms with Crippen LogP contribution in [-0.4, -0.2) is 9.55 Å². The number of aromatic nitrogens is 2. The zero-order valence-electron chi connectivity index (χ0n) is 13.8. The van der Waals surface area contributed by atoms with Crippen molar-refractivity contribution in [3.63, 3.8) is 0 Å². The zero-order chi connectivity index (χ0) is 16.7. The van der Waals surface area contributed by atoms with Gasteiger partial charge >= 0.3 is 0 Å². The summed E-state index contributed by atoms with van der Waals surface area (Å²) in [7, 11) is 0. The molecule has 0 aliphatic carbocycles. The Hall–Kier alpha value is -2.94. The molecule has 3 nitrogen and oxygen atoms in total. The van der Waals surface area contributed by atoms with E-state index in [1.807, 2.05) is 60.9 Å². The number of para-hydroxylation sites is 1. The van der Waals surface area contributed by atoms with Crippen LogP contribution in [0, 0.1) is 0 Å². The molecular weight excluding hydrogens is 296 g/mol. The minimum absolute atomic E-state index is 0.0650. The van der Waals surface area contributed by atoms with Gasteiger partial charge in [0, 0.05) is 16.3 Å². The van der Waals surface area contributed by atoms with Crippen molar-refractivity contribution in [2.24, 2.45) is 0 Å². The Balaban J connectivity index is 0.000000704. The fourth-order valence-electron chi connectivity index (χ4n) is 3.32. The zero-order valence-corrected chi connectivity index (χ0v) is 13.8. The van der Waals surface area contributed by atoms with Gasteiger partial charge in [0.2, 0.25) is 0 Å². The van der Waals surface area contributed by atoms with Crippen molar-refractivity contribution in [3.05, 3.63) is 76.6 Å². The molecule has 0 radical (unpaired) electrons. The number of benzene rings is 2. The van der Waals surface area contributed by atoms with Gasteiger partial charge in [-0.15, -0.1) is 0 Å². The summed E-state index contributed by atoms with van der Waals surface area (Å²) in [6, 6.07) is 20.0. The summed E-state index contributed by atoms with van der Waals surface area (Å²) in [5.74, 6) is 0. The first-order valence-electron chi connectivity index (χ1n) is 8.33. The van der Waals surface area contributed by atoms with Gasteiger partial charge in [-0.2, -0.15) is 0 Å². The highest BCUT2D eigenvalue weighted by molar-refractivity contribution is 5.89. The predicted molar refractivity (Wildman–Crippen MR) is 99.4 cm³/mol. The standard InChI is InChI=1S/C19H12N2O.C2H6/c22-19-15-7-3-1-5-12(15)10-17-18-14(11-21(17)19)9-13-6-2-4-8-16(13)20-18;1-2/h1-10H,11H2;1-2H3. The Morgan fingerprint density at radius 1 is 0.917 bits per heavy atom. The first-order valence-corrected chi connectivity index (χ1v) is 8.33. The molecule has 2 aromatic heterocycles. The summed E-state index contributed by atoms with van der Waals surface area (Å²) in [6.07, 6.45) is 0. The van der Waals surface area contributed by atoms with Gasteiger partial charge in [0.15, 0.2) is 0 Å². The van der Waals surface area contributed by atoms with Crippen molar-refractivity contribution in [2.75, 3.05) is 0 Å². The molecule has 0 amide bonds. The van der Waals surface area contributed by atoms with Crippen molar-refractivity contribution < 1.29 is 0 Å². The van der Waals surface area contributed by atoms with Crippen molar-refractivity contribution in [3.8, 4) is 11.4 Å². The molecule has 0 spiro atoms. The summed E-state index contributed by atoms with van der Waals surface area (Å²) < 4.78 is 1.83. The third-order valence-electron chi connectivity index (χ3n) is 4.39. The van der Waals surface area contributed by atoms with Gasteiger partial charge in [-0.1, -0.05) is 50.2 Å². The van der Waals surface area contributed by atoms with E-state index < -0.39 is 0 Å². The van der Waals surface area contributed by atoms with E-state index in [1.54, 1.807) is 0 Å². The fraction of sp³-hybridized carbons (Fsp3) is 0.143. The lowest BCUT2D eigenvalue weighted by atomic mass is 10.1. The molecule has 0 saturated heterocycles. The topological polar surface area (TPSA) is 34.9 Å². The van der Waals surface area contributed by atoms with Crippen LogP contribution in [0.5, 0.6) is 0 Å².